The lowest BCUT2D eigenvalue weighted by molar-refractivity contribution is -0.108. The summed E-state index contributed by atoms with van der Waals surface area (Å²) in [5.74, 6) is 2.07. The second-order valence-electron chi connectivity index (χ2n) is 10.2. The van der Waals surface area contributed by atoms with Crippen LogP contribution in [0.5, 0.6) is 11.5 Å². The summed E-state index contributed by atoms with van der Waals surface area (Å²) in [5.41, 5.74) is 11.2. The molecule has 0 aliphatic rings. The van der Waals surface area contributed by atoms with Gasteiger partial charge in [-0.3, -0.25) is 0 Å². The van der Waals surface area contributed by atoms with Gasteiger partial charge in [-0.1, -0.05) is 54.6 Å². The van der Waals surface area contributed by atoms with Gasteiger partial charge in [-0.2, -0.15) is 0 Å². The predicted molar refractivity (Wildman–Crippen MR) is 166 cm³/mol. The largest absolute Gasteiger partial charge is 0.497 e. The molecule has 0 spiro atoms. The number of nitrogens with zero attached hydrogens (tertiary/aromatic N) is 5. The van der Waals surface area contributed by atoms with Crippen molar-refractivity contribution in [2.24, 2.45) is 5.11 Å². The Bertz CT molecular complexity index is 1450. The lowest BCUT2D eigenvalue weighted by Crippen LogP contribution is -2.38. The van der Waals surface area contributed by atoms with Gasteiger partial charge < -0.3 is 28.6 Å². The maximum Gasteiger partial charge on any atom is 0.224 e. The first-order valence-corrected chi connectivity index (χ1v) is 14.2. The molecule has 4 rings (SSSR count). The van der Waals surface area contributed by atoms with E-state index in [1.807, 2.05) is 97.9 Å². The molecule has 3 aromatic carbocycles. The van der Waals surface area contributed by atoms with Gasteiger partial charge in [0.1, 0.15) is 34.4 Å². The summed E-state index contributed by atoms with van der Waals surface area (Å²) in [4.78, 5) is 14.3. The molecule has 0 saturated heterocycles. The molecular weight excluding hydrogens is 560 g/mol. The Hall–Kier alpha value is -4.67. The van der Waals surface area contributed by atoms with E-state index in [0.29, 0.717) is 18.1 Å². The molecule has 1 N–H and O–H groups in total. The Labute approximate surface area is 258 Å². The minimum Gasteiger partial charge on any atom is -0.497 e. The van der Waals surface area contributed by atoms with Crippen molar-refractivity contribution < 1.29 is 23.7 Å². The van der Waals surface area contributed by atoms with Crippen molar-refractivity contribution >= 4 is 5.95 Å². The highest BCUT2D eigenvalue weighted by molar-refractivity contribution is 5.29. The van der Waals surface area contributed by atoms with Crippen LogP contribution in [0.3, 0.4) is 0 Å². The van der Waals surface area contributed by atoms with E-state index < -0.39 is 18.2 Å². The molecule has 1 aromatic heterocycles. The molecule has 0 amide bonds. The van der Waals surface area contributed by atoms with Crippen LogP contribution in [0.25, 0.3) is 0 Å². The number of benzene rings is 3. The third kappa shape index (κ3) is 9.42. The number of ether oxygens (including phenoxy) is 5. The van der Waals surface area contributed by atoms with E-state index in [0.717, 1.165) is 28.2 Å². The first-order chi connectivity index (χ1) is 21.5. The normalized spacial score (nSPS) is 12.9. The number of nitrogens with one attached hydrogen (secondary N) is 1. The van der Waals surface area contributed by atoms with Crippen LogP contribution in [-0.2, 0) is 34.0 Å². The van der Waals surface area contributed by atoms with Crippen molar-refractivity contribution in [3.05, 3.63) is 114 Å². The Balaban J connectivity index is 1.65. The second kappa shape index (κ2) is 16.8. The van der Waals surface area contributed by atoms with Gasteiger partial charge in [-0.15, -0.1) is 0 Å². The van der Waals surface area contributed by atoms with Gasteiger partial charge >= 0.3 is 0 Å². The van der Waals surface area contributed by atoms with Crippen LogP contribution >= 0.6 is 0 Å². The third-order valence-electron chi connectivity index (χ3n) is 6.86. The zero-order valence-corrected chi connectivity index (χ0v) is 25.5. The van der Waals surface area contributed by atoms with Crippen LogP contribution in [0.2, 0.25) is 0 Å². The molecule has 0 saturated carbocycles. The second-order valence-corrected chi connectivity index (χ2v) is 10.2. The highest BCUT2D eigenvalue weighted by Gasteiger charge is 2.37. The molecule has 4 aromatic rings. The highest BCUT2D eigenvalue weighted by atomic mass is 16.5. The van der Waals surface area contributed by atoms with Crippen LogP contribution in [-0.4, -0.2) is 57.0 Å². The maximum atomic E-state index is 7.61. The predicted octanol–water partition coefficient (Wildman–Crippen LogP) is 5.54. The van der Waals surface area contributed by atoms with E-state index in [9.17, 15) is 0 Å². The number of hydrogen-bond acceptors (Lipinski definition) is 10. The SMILES string of the molecule is COc1ccc(CO[C@H]([C@H](COCc2ccccc2)N=[N+]=N)[C@H](OCc2ccc(OC)cc2)c2cnc(N(C)C)nc2)cc1. The molecule has 0 aliphatic carbocycles. The minimum absolute atomic E-state index is 0.142. The Kier molecular flexibility index (Phi) is 12.3. The summed E-state index contributed by atoms with van der Waals surface area (Å²) in [6, 6.07) is 24.5. The first kappa shape index (κ1) is 32.2. The number of aromatic nitrogens is 2. The number of hydrogen-bond donors (Lipinski definition) is 1. The summed E-state index contributed by atoms with van der Waals surface area (Å²) >= 11 is 0. The molecule has 11 nitrogen and oxygen atoms in total. The van der Waals surface area contributed by atoms with E-state index in [4.69, 9.17) is 29.2 Å². The molecular formula is C33H39N6O5+. The van der Waals surface area contributed by atoms with Gasteiger partial charge in [-0.05, 0) is 41.0 Å². The van der Waals surface area contributed by atoms with Crippen molar-refractivity contribution in [1.29, 1.82) is 5.53 Å². The maximum absolute atomic E-state index is 7.61. The topological polar surface area (TPSA) is 125 Å². The molecule has 0 unspecified atom stereocenters. The van der Waals surface area contributed by atoms with Crippen molar-refractivity contribution in [2.75, 3.05) is 39.8 Å². The molecule has 11 heteroatoms. The average molecular weight is 600 g/mol. The molecule has 3 atom stereocenters. The van der Waals surface area contributed by atoms with Crippen molar-refractivity contribution in [3.63, 3.8) is 0 Å². The number of methoxy groups -OCH3 is 2. The molecule has 1 heterocycles. The zero-order chi connectivity index (χ0) is 31.1. The fourth-order valence-electron chi connectivity index (χ4n) is 4.45. The van der Waals surface area contributed by atoms with Gasteiger partial charge in [-0.25, -0.2) is 9.97 Å². The summed E-state index contributed by atoms with van der Waals surface area (Å²) in [5, 5.41) is 4.24. The fourth-order valence-corrected chi connectivity index (χ4v) is 4.45. The monoisotopic (exact) mass is 599 g/mol. The molecule has 0 bridgehead atoms. The lowest BCUT2D eigenvalue weighted by atomic mass is 10.0. The van der Waals surface area contributed by atoms with Crippen LogP contribution < -0.4 is 19.3 Å². The number of anilines is 1. The average Bonchev–Trinajstić information content (AvgIpc) is 3.07. The standard InChI is InChI=1S/C33H39N6O5/c1-39(2)33-35-18-27(19-36-33)31(43-21-25-10-14-28(40-3)15-11-25)32(44-22-26-12-16-29(41-4)17-13-26)30(37-38-34)23-42-20-24-8-6-5-7-9-24/h5-19,30-32,34H,20-23H2,1-4H3/q+1/t30-,31+,32+/m0/s1. The number of rotatable bonds is 17. The summed E-state index contributed by atoms with van der Waals surface area (Å²) in [7, 11) is 7.01. The lowest BCUT2D eigenvalue weighted by Gasteiger charge is -2.30. The van der Waals surface area contributed by atoms with E-state index in [2.05, 4.69) is 20.0 Å². The smallest absolute Gasteiger partial charge is 0.224 e. The van der Waals surface area contributed by atoms with Gasteiger partial charge in [0.05, 0.1) is 40.6 Å². The van der Waals surface area contributed by atoms with Crippen molar-refractivity contribution in [2.45, 2.75) is 38.1 Å². The molecule has 0 radical (unpaired) electrons. The summed E-state index contributed by atoms with van der Waals surface area (Å²) < 4.78 is 29.8. The minimum atomic E-state index is -0.714. The van der Waals surface area contributed by atoms with Crippen molar-refractivity contribution in [1.82, 2.24) is 14.9 Å². The Morgan fingerprint density at radius 1 is 0.750 bits per heavy atom. The fraction of sp³-hybridized carbons (Fsp3) is 0.333. The van der Waals surface area contributed by atoms with Gasteiger partial charge in [0.25, 0.3) is 0 Å². The molecule has 230 valence electrons. The van der Waals surface area contributed by atoms with Gasteiger partial charge in [0.15, 0.2) is 6.04 Å². The van der Waals surface area contributed by atoms with Crippen LogP contribution in [0.15, 0.2) is 96.4 Å². The van der Waals surface area contributed by atoms with E-state index in [1.165, 1.54) is 0 Å². The van der Waals surface area contributed by atoms with E-state index in [-0.39, 0.29) is 19.8 Å². The first-order valence-electron chi connectivity index (χ1n) is 14.2. The van der Waals surface area contributed by atoms with E-state index >= 15 is 0 Å². The molecule has 0 fully saturated rings. The quantitative estimate of drug-likeness (QED) is 0.124. The summed E-state index contributed by atoms with van der Waals surface area (Å²) in [6.07, 6.45) is 2.06. The molecule has 44 heavy (non-hydrogen) atoms. The molecule has 0 aliphatic heterocycles. The van der Waals surface area contributed by atoms with Crippen LogP contribution in [0, 0.1) is 5.53 Å². The Morgan fingerprint density at radius 2 is 1.30 bits per heavy atom. The van der Waals surface area contributed by atoms with Gasteiger partial charge in [0, 0.05) is 32.1 Å². The van der Waals surface area contributed by atoms with Crippen molar-refractivity contribution in [3.8, 4) is 11.5 Å². The summed E-state index contributed by atoms with van der Waals surface area (Å²) in [6.45, 7) is 1.02. The highest BCUT2D eigenvalue weighted by Crippen LogP contribution is 2.30. The van der Waals surface area contributed by atoms with E-state index in [1.54, 1.807) is 26.6 Å². The third-order valence-corrected chi connectivity index (χ3v) is 6.86. The van der Waals surface area contributed by atoms with Crippen LogP contribution in [0.4, 0.5) is 5.95 Å². The Morgan fingerprint density at radius 3 is 1.82 bits per heavy atom. The van der Waals surface area contributed by atoms with Crippen LogP contribution in [0.1, 0.15) is 28.4 Å². The van der Waals surface area contributed by atoms with Gasteiger partial charge in [0.2, 0.25) is 10.9 Å². The zero-order valence-electron chi connectivity index (χ0n) is 25.5.